The standard InChI is InChI=1S/C29H28N6O/c1-2-26-30-29(15-6-7-16-29)28(36)35(26)19-20-13-14-24(25(17-20)27-31-33-34-32-27)23-12-8-11-22(18-23)21-9-4-3-5-10-21/h3-5,8-14,17-18H,2,6-7,15-16,19H2,1H3,(H,31,32,33,34). The molecule has 1 aliphatic heterocycles. The van der Waals surface area contributed by atoms with Crippen molar-refractivity contribution < 1.29 is 4.79 Å². The van der Waals surface area contributed by atoms with Crippen molar-refractivity contribution in [3.8, 4) is 33.6 Å². The molecule has 3 aromatic carbocycles. The van der Waals surface area contributed by atoms with Gasteiger partial charge in [-0.2, -0.15) is 5.21 Å². The molecule has 0 radical (unpaired) electrons. The van der Waals surface area contributed by atoms with Crippen molar-refractivity contribution in [2.45, 2.75) is 51.1 Å². The summed E-state index contributed by atoms with van der Waals surface area (Å²) in [5, 5.41) is 14.9. The van der Waals surface area contributed by atoms with Gasteiger partial charge >= 0.3 is 0 Å². The van der Waals surface area contributed by atoms with E-state index in [1.54, 1.807) is 0 Å². The molecule has 6 rings (SSSR count). The first-order valence-electron chi connectivity index (χ1n) is 12.6. The molecular weight excluding hydrogens is 448 g/mol. The summed E-state index contributed by atoms with van der Waals surface area (Å²) in [6.07, 6.45) is 4.60. The van der Waals surface area contributed by atoms with Crippen molar-refractivity contribution in [2.75, 3.05) is 0 Å². The number of rotatable bonds is 6. The van der Waals surface area contributed by atoms with Crippen LogP contribution in [-0.2, 0) is 11.3 Å². The summed E-state index contributed by atoms with van der Waals surface area (Å²) in [6.45, 7) is 2.56. The van der Waals surface area contributed by atoms with Crippen molar-refractivity contribution >= 4 is 11.7 Å². The van der Waals surface area contributed by atoms with Crippen LogP contribution >= 0.6 is 0 Å². The fourth-order valence-corrected chi connectivity index (χ4v) is 5.52. The van der Waals surface area contributed by atoms with Crippen molar-refractivity contribution in [1.29, 1.82) is 0 Å². The van der Waals surface area contributed by atoms with E-state index < -0.39 is 5.54 Å². The molecule has 0 bridgehead atoms. The first kappa shape index (κ1) is 22.3. The normalized spacial score (nSPS) is 16.6. The number of nitrogens with one attached hydrogen (secondary N) is 1. The summed E-state index contributed by atoms with van der Waals surface area (Å²) >= 11 is 0. The Morgan fingerprint density at radius 1 is 0.889 bits per heavy atom. The van der Waals surface area contributed by atoms with E-state index in [1.807, 2.05) is 23.1 Å². The molecule has 180 valence electrons. The number of nitrogens with zero attached hydrogens (tertiary/aromatic N) is 5. The Morgan fingerprint density at radius 2 is 1.67 bits per heavy atom. The fraction of sp³-hybridized carbons (Fsp3) is 0.276. The van der Waals surface area contributed by atoms with Gasteiger partial charge in [-0.25, -0.2) is 0 Å². The zero-order valence-electron chi connectivity index (χ0n) is 20.3. The van der Waals surface area contributed by atoms with Gasteiger partial charge in [0.2, 0.25) is 5.82 Å². The summed E-state index contributed by atoms with van der Waals surface area (Å²) < 4.78 is 0. The van der Waals surface area contributed by atoms with Crippen LogP contribution in [-0.4, -0.2) is 42.8 Å². The lowest BCUT2D eigenvalue weighted by Gasteiger charge is -2.23. The number of amides is 1. The van der Waals surface area contributed by atoms with Crippen LogP contribution in [0.3, 0.4) is 0 Å². The van der Waals surface area contributed by atoms with E-state index in [0.29, 0.717) is 12.4 Å². The lowest BCUT2D eigenvalue weighted by molar-refractivity contribution is -0.131. The Hall–Kier alpha value is -4.13. The number of hydrogen-bond acceptors (Lipinski definition) is 5. The maximum absolute atomic E-state index is 13.4. The number of carbonyl (C=O) groups is 1. The number of amidine groups is 1. The number of hydrogen-bond donors (Lipinski definition) is 1. The van der Waals surface area contributed by atoms with Crippen LogP contribution in [0.4, 0.5) is 0 Å². The summed E-state index contributed by atoms with van der Waals surface area (Å²) in [7, 11) is 0. The fourth-order valence-electron chi connectivity index (χ4n) is 5.52. The van der Waals surface area contributed by atoms with E-state index in [-0.39, 0.29) is 5.91 Å². The van der Waals surface area contributed by atoms with Gasteiger partial charge in [-0.1, -0.05) is 80.4 Å². The first-order valence-corrected chi connectivity index (χ1v) is 12.6. The Bertz CT molecular complexity index is 1420. The van der Waals surface area contributed by atoms with Crippen LogP contribution in [0.25, 0.3) is 33.6 Å². The molecule has 4 aromatic rings. The highest BCUT2D eigenvalue weighted by Gasteiger charge is 2.49. The van der Waals surface area contributed by atoms with Gasteiger partial charge in [0, 0.05) is 12.0 Å². The number of aliphatic imine (C=N–C) groups is 1. The highest BCUT2D eigenvalue weighted by Crippen LogP contribution is 2.40. The minimum Gasteiger partial charge on any atom is -0.294 e. The van der Waals surface area contributed by atoms with Gasteiger partial charge < -0.3 is 0 Å². The first-order chi connectivity index (χ1) is 17.7. The van der Waals surface area contributed by atoms with Crippen LogP contribution in [0.2, 0.25) is 0 Å². The van der Waals surface area contributed by atoms with Gasteiger partial charge in [0.15, 0.2) is 0 Å². The predicted octanol–water partition coefficient (Wildman–Crippen LogP) is 5.66. The quantitative estimate of drug-likeness (QED) is 0.389. The molecule has 0 atom stereocenters. The van der Waals surface area contributed by atoms with Gasteiger partial charge in [0.05, 0.1) is 6.54 Å². The average molecular weight is 477 g/mol. The smallest absolute Gasteiger partial charge is 0.256 e. The molecule has 36 heavy (non-hydrogen) atoms. The Balaban J connectivity index is 1.37. The van der Waals surface area contributed by atoms with Crippen molar-refractivity contribution in [3.05, 3.63) is 78.4 Å². The van der Waals surface area contributed by atoms with E-state index in [4.69, 9.17) is 4.99 Å². The zero-order chi connectivity index (χ0) is 24.5. The van der Waals surface area contributed by atoms with E-state index >= 15 is 0 Å². The zero-order valence-corrected chi connectivity index (χ0v) is 20.3. The maximum atomic E-state index is 13.4. The van der Waals surface area contributed by atoms with E-state index in [0.717, 1.165) is 71.3 Å². The molecule has 1 amide bonds. The Kier molecular flexibility index (Phi) is 5.68. The van der Waals surface area contributed by atoms with Crippen LogP contribution in [0.5, 0.6) is 0 Å². The molecule has 1 saturated carbocycles. The van der Waals surface area contributed by atoms with Crippen molar-refractivity contribution in [3.63, 3.8) is 0 Å². The second-order valence-corrected chi connectivity index (χ2v) is 9.57. The molecule has 1 fully saturated rings. The summed E-state index contributed by atoms with van der Waals surface area (Å²) in [6, 6.07) is 25.1. The van der Waals surface area contributed by atoms with Crippen LogP contribution in [0.1, 0.15) is 44.6 Å². The number of H-pyrrole nitrogens is 1. The van der Waals surface area contributed by atoms with Gasteiger partial charge in [-0.3, -0.25) is 14.7 Å². The van der Waals surface area contributed by atoms with E-state index in [9.17, 15) is 4.79 Å². The van der Waals surface area contributed by atoms with E-state index in [2.05, 4.69) is 82.1 Å². The topological polar surface area (TPSA) is 87.1 Å². The third kappa shape index (κ3) is 3.90. The van der Waals surface area contributed by atoms with Crippen molar-refractivity contribution in [1.82, 2.24) is 25.5 Å². The third-order valence-electron chi connectivity index (χ3n) is 7.34. The van der Waals surface area contributed by atoms with Crippen LogP contribution in [0, 0.1) is 0 Å². The maximum Gasteiger partial charge on any atom is 0.256 e. The molecule has 2 heterocycles. The Morgan fingerprint density at radius 3 is 2.42 bits per heavy atom. The van der Waals surface area contributed by atoms with E-state index in [1.165, 1.54) is 0 Å². The molecule has 2 aliphatic rings. The number of aromatic amines is 1. The monoisotopic (exact) mass is 476 g/mol. The molecule has 1 spiro atoms. The van der Waals surface area contributed by atoms with Crippen LogP contribution in [0.15, 0.2) is 77.8 Å². The average Bonchev–Trinajstić information content (AvgIpc) is 3.68. The molecule has 1 N–H and O–H groups in total. The number of benzene rings is 3. The van der Waals surface area contributed by atoms with Gasteiger partial charge in [-0.05, 0) is 58.0 Å². The third-order valence-corrected chi connectivity index (χ3v) is 7.34. The molecular formula is C29H28N6O. The minimum atomic E-state index is -0.528. The lowest BCUT2D eigenvalue weighted by Crippen LogP contribution is -2.40. The van der Waals surface area contributed by atoms with Gasteiger partial charge in [0.1, 0.15) is 11.4 Å². The summed E-state index contributed by atoms with van der Waals surface area (Å²) in [5.74, 6) is 1.57. The Labute approximate surface area is 210 Å². The summed E-state index contributed by atoms with van der Waals surface area (Å²) in [5.41, 5.74) is 5.76. The number of carbonyl (C=O) groups excluding carboxylic acids is 1. The SMILES string of the molecule is CCC1=NC2(CCCC2)C(=O)N1Cc1ccc(-c2cccc(-c3ccccc3)c2)c(-c2nn[nH]n2)c1. The largest absolute Gasteiger partial charge is 0.294 e. The van der Waals surface area contributed by atoms with Gasteiger partial charge in [0.25, 0.3) is 5.91 Å². The minimum absolute atomic E-state index is 0.151. The lowest BCUT2D eigenvalue weighted by atomic mass is 9.94. The predicted molar refractivity (Wildman–Crippen MR) is 140 cm³/mol. The second-order valence-electron chi connectivity index (χ2n) is 9.57. The molecule has 0 saturated heterocycles. The molecule has 1 aliphatic carbocycles. The molecule has 0 unspecified atom stereocenters. The second kappa shape index (κ2) is 9.15. The highest BCUT2D eigenvalue weighted by atomic mass is 16.2. The molecule has 1 aromatic heterocycles. The molecule has 7 heteroatoms. The number of aromatic nitrogens is 4. The highest BCUT2D eigenvalue weighted by molar-refractivity contribution is 6.08. The van der Waals surface area contributed by atoms with Gasteiger partial charge in [-0.15, -0.1) is 10.2 Å². The van der Waals surface area contributed by atoms with Crippen LogP contribution < -0.4 is 0 Å². The molecule has 7 nitrogen and oxygen atoms in total. The number of tetrazole rings is 1. The summed E-state index contributed by atoms with van der Waals surface area (Å²) in [4.78, 5) is 20.3. The van der Waals surface area contributed by atoms with Crippen molar-refractivity contribution in [2.24, 2.45) is 4.99 Å².